The van der Waals surface area contributed by atoms with Crippen LogP contribution < -0.4 is 5.30 Å². The van der Waals surface area contributed by atoms with Crippen molar-refractivity contribution in [1.29, 1.82) is 0 Å². The van der Waals surface area contributed by atoms with Gasteiger partial charge in [0.1, 0.15) is 0 Å². The molecule has 0 saturated heterocycles. The molecule has 0 bridgehead atoms. The van der Waals surface area contributed by atoms with Crippen molar-refractivity contribution < 1.29 is 0 Å². The molecule has 0 aliphatic heterocycles. The van der Waals surface area contributed by atoms with Crippen molar-refractivity contribution in [2.24, 2.45) is 0 Å². The van der Waals surface area contributed by atoms with Gasteiger partial charge in [0.2, 0.25) is 0 Å². The van der Waals surface area contributed by atoms with E-state index in [9.17, 15) is 0 Å². The minimum Gasteiger partial charge on any atom is -0.241 e. The Bertz CT molecular complexity index is 167. The Morgan fingerprint density at radius 3 is 1.89 bits per heavy atom. The Balaban J connectivity index is 2.85. The lowest BCUT2D eigenvalue weighted by Gasteiger charge is -2.09. The highest BCUT2D eigenvalue weighted by atomic mass is 31.1. The zero-order valence-corrected chi connectivity index (χ0v) is 6.30. The maximum atomic E-state index is 3.90. The van der Waals surface area contributed by atoms with E-state index in [2.05, 4.69) is 25.5 Å². The first kappa shape index (κ1) is 6.77. The molecular formula is C8H10P-. The van der Waals surface area contributed by atoms with E-state index in [0.29, 0.717) is 0 Å². The average molecular weight is 137 g/mol. The van der Waals surface area contributed by atoms with Crippen LogP contribution in [0.5, 0.6) is 0 Å². The van der Waals surface area contributed by atoms with Crippen molar-refractivity contribution in [1.82, 2.24) is 0 Å². The number of hydrogen-bond donors (Lipinski definition) is 0. The third kappa shape index (κ3) is 1.80. The molecular weight excluding hydrogens is 127 g/mol. The number of hydrogen-bond acceptors (Lipinski definition) is 0. The Hall–Kier alpha value is -0.350. The number of benzene rings is 1. The second-order valence-corrected chi connectivity index (χ2v) is 3.75. The van der Waals surface area contributed by atoms with Gasteiger partial charge in [-0.2, -0.15) is 0 Å². The monoisotopic (exact) mass is 137 g/mol. The van der Waals surface area contributed by atoms with Crippen molar-refractivity contribution in [2.75, 3.05) is 0 Å². The van der Waals surface area contributed by atoms with Gasteiger partial charge in [-0.25, -0.2) is 21.3 Å². The summed E-state index contributed by atoms with van der Waals surface area (Å²) in [5, 5.41) is 1.29. The lowest BCUT2D eigenvalue weighted by molar-refractivity contribution is 1.77. The van der Waals surface area contributed by atoms with Gasteiger partial charge in [-0.15, -0.1) is 0 Å². The first-order chi connectivity index (χ1) is 4.30. The van der Waals surface area contributed by atoms with Crippen molar-refractivity contribution in [3.63, 3.8) is 0 Å². The Labute approximate surface area is 57.7 Å². The Morgan fingerprint density at radius 1 is 1.00 bits per heavy atom. The smallest absolute Gasteiger partial charge is 0.0335 e. The van der Waals surface area contributed by atoms with Gasteiger partial charge in [-0.1, -0.05) is 18.2 Å². The van der Waals surface area contributed by atoms with Gasteiger partial charge in [0.25, 0.3) is 0 Å². The predicted octanol–water partition coefficient (Wildman–Crippen LogP) is 2.11. The molecule has 0 nitrogen and oxygen atoms in total. The van der Waals surface area contributed by atoms with Gasteiger partial charge in [0.05, 0.1) is 0 Å². The molecule has 0 amide bonds. The van der Waals surface area contributed by atoms with E-state index in [1.165, 1.54) is 5.30 Å². The Kier molecular flexibility index (Phi) is 2.24. The zero-order chi connectivity index (χ0) is 6.69. The van der Waals surface area contributed by atoms with Gasteiger partial charge in [0.15, 0.2) is 0 Å². The Morgan fingerprint density at radius 2 is 1.56 bits per heavy atom. The molecule has 0 atom stereocenters. The molecule has 0 saturated carbocycles. The summed E-state index contributed by atoms with van der Waals surface area (Å²) in [7, 11) is -0.712. The summed E-state index contributed by atoms with van der Waals surface area (Å²) in [6.07, 6.45) is 0. The minimum atomic E-state index is -0.712. The summed E-state index contributed by atoms with van der Waals surface area (Å²) >= 11 is 0. The lowest BCUT2D eigenvalue weighted by Crippen LogP contribution is -1.92. The van der Waals surface area contributed by atoms with Gasteiger partial charge >= 0.3 is 0 Å². The van der Waals surface area contributed by atoms with Gasteiger partial charge < -0.3 is 0 Å². The molecule has 0 heterocycles. The van der Waals surface area contributed by atoms with Gasteiger partial charge in [0, 0.05) is 5.30 Å². The molecule has 9 heavy (non-hydrogen) atoms. The van der Waals surface area contributed by atoms with E-state index >= 15 is 0 Å². The molecule has 1 aromatic rings. The van der Waals surface area contributed by atoms with Crippen LogP contribution in [0.25, 0.3) is 0 Å². The summed E-state index contributed by atoms with van der Waals surface area (Å²) in [6, 6.07) is 10.2. The van der Waals surface area contributed by atoms with Crippen LogP contribution >= 0.6 is 7.92 Å². The summed E-state index contributed by atoms with van der Waals surface area (Å²) in [4.78, 5) is 0. The van der Waals surface area contributed by atoms with Crippen molar-refractivity contribution in [3.8, 4) is 0 Å². The average Bonchev–Trinajstić information content (AvgIpc) is 1.90. The van der Waals surface area contributed by atoms with Crippen LogP contribution in [0, 0.1) is 13.3 Å². The fourth-order valence-electron chi connectivity index (χ4n) is 0.674. The molecule has 0 aliphatic rings. The molecule has 0 spiro atoms. The van der Waals surface area contributed by atoms with Gasteiger partial charge in [-0.3, -0.25) is 0 Å². The predicted molar refractivity (Wildman–Crippen MR) is 45.1 cm³/mol. The first-order valence-corrected chi connectivity index (χ1v) is 4.78. The first-order valence-electron chi connectivity index (χ1n) is 2.87. The third-order valence-electron chi connectivity index (χ3n) is 1.18. The summed E-state index contributed by atoms with van der Waals surface area (Å²) in [6.45, 7) is 7.80. The van der Waals surface area contributed by atoms with E-state index in [4.69, 9.17) is 0 Å². The van der Waals surface area contributed by atoms with Crippen molar-refractivity contribution >= 4 is 13.2 Å². The molecule has 0 aromatic heterocycles. The molecule has 0 fully saturated rings. The summed E-state index contributed by atoms with van der Waals surface area (Å²) in [5.74, 6) is 0. The molecule has 0 aliphatic carbocycles. The minimum absolute atomic E-state index is 0.712. The van der Waals surface area contributed by atoms with Crippen LogP contribution in [0.4, 0.5) is 0 Å². The maximum Gasteiger partial charge on any atom is 0.0335 e. The van der Waals surface area contributed by atoms with Crippen molar-refractivity contribution in [3.05, 3.63) is 43.7 Å². The molecule has 1 aromatic carbocycles. The molecule has 0 radical (unpaired) electrons. The van der Waals surface area contributed by atoms with E-state index in [1.54, 1.807) is 0 Å². The summed E-state index contributed by atoms with van der Waals surface area (Å²) < 4.78 is 0. The fraction of sp³-hybridized carbons (Fsp3) is 0. The van der Waals surface area contributed by atoms with Crippen LogP contribution in [-0.4, -0.2) is 0 Å². The third-order valence-corrected chi connectivity index (χ3v) is 2.33. The number of rotatable bonds is 1. The maximum absolute atomic E-state index is 3.90. The van der Waals surface area contributed by atoms with E-state index in [1.807, 2.05) is 18.2 Å². The highest BCUT2D eigenvalue weighted by molar-refractivity contribution is 7.67. The molecule has 1 rings (SSSR count). The molecule has 1 heteroatoms. The second-order valence-electron chi connectivity index (χ2n) is 1.97. The second kappa shape index (κ2) is 2.98. The largest absolute Gasteiger partial charge is 0.241 e. The molecule has 0 unspecified atom stereocenters. The topological polar surface area (TPSA) is 0 Å². The summed E-state index contributed by atoms with van der Waals surface area (Å²) in [5.41, 5.74) is 0. The molecule has 48 valence electrons. The van der Waals surface area contributed by atoms with Gasteiger partial charge in [-0.05, 0) is 12.1 Å². The standard InChI is InChI=1S/C8H10P/c1-9(2)8-6-4-3-5-7-8/h3-7,9H,1-2H2/q-1. The fourth-order valence-corrected chi connectivity index (χ4v) is 1.34. The zero-order valence-electron chi connectivity index (χ0n) is 5.30. The quantitative estimate of drug-likeness (QED) is 0.410. The van der Waals surface area contributed by atoms with Crippen LogP contribution in [-0.2, 0) is 0 Å². The van der Waals surface area contributed by atoms with E-state index in [-0.39, 0.29) is 0 Å². The highest BCUT2D eigenvalue weighted by Crippen LogP contribution is 2.27. The van der Waals surface area contributed by atoms with Crippen LogP contribution in [0.2, 0.25) is 0 Å². The normalized spacial score (nSPS) is 10.1. The molecule has 0 N–H and O–H groups in total. The van der Waals surface area contributed by atoms with Crippen LogP contribution in [0.3, 0.4) is 0 Å². The SMILES string of the molecule is [CH2-][PH+]([CH2-])c1ccccc1. The van der Waals surface area contributed by atoms with Crippen LogP contribution in [0.15, 0.2) is 30.3 Å². The van der Waals surface area contributed by atoms with Crippen LogP contribution in [0.1, 0.15) is 0 Å². The highest BCUT2D eigenvalue weighted by Gasteiger charge is 1.88. The van der Waals surface area contributed by atoms with E-state index in [0.717, 1.165) is 0 Å². The lowest BCUT2D eigenvalue weighted by atomic mass is 10.4. The van der Waals surface area contributed by atoms with Crippen molar-refractivity contribution in [2.45, 2.75) is 0 Å². The van der Waals surface area contributed by atoms with E-state index < -0.39 is 7.92 Å².